The van der Waals surface area contributed by atoms with Gasteiger partial charge in [0, 0.05) is 29.4 Å². The Kier molecular flexibility index (Phi) is 7.18. The van der Waals surface area contributed by atoms with Crippen LogP contribution < -0.4 is 14.2 Å². The minimum absolute atomic E-state index is 0.0414. The molecule has 0 aliphatic heterocycles. The first-order valence-electron chi connectivity index (χ1n) is 10.7. The number of thiazole rings is 1. The fourth-order valence-electron chi connectivity index (χ4n) is 3.45. The van der Waals surface area contributed by atoms with Gasteiger partial charge in [0.05, 0.1) is 25.0 Å². The van der Waals surface area contributed by atoms with Crippen molar-refractivity contribution in [1.29, 1.82) is 5.26 Å². The van der Waals surface area contributed by atoms with Crippen LogP contribution in [0.15, 0.2) is 41.9 Å². The van der Waals surface area contributed by atoms with Gasteiger partial charge < -0.3 is 9.47 Å². The van der Waals surface area contributed by atoms with E-state index in [2.05, 4.69) is 24.9 Å². The summed E-state index contributed by atoms with van der Waals surface area (Å²) in [6.07, 6.45) is 1.54. The first-order valence-corrected chi connectivity index (χ1v) is 13.2. The summed E-state index contributed by atoms with van der Waals surface area (Å²) in [4.78, 5) is 8.68. The van der Waals surface area contributed by atoms with Crippen molar-refractivity contribution < 1.29 is 17.9 Å². The average Bonchev–Trinajstić information content (AvgIpc) is 3.49. The summed E-state index contributed by atoms with van der Waals surface area (Å²) in [6, 6.07) is 10.4. The van der Waals surface area contributed by atoms with Crippen molar-refractivity contribution in [1.82, 2.24) is 24.7 Å². The summed E-state index contributed by atoms with van der Waals surface area (Å²) in [6.45, 7) is 3.42. The molecule has 0 bridgehead atoms. The maximum absolute atomic E-state index is 13.3. The molecular weight excluding hydrogens is 502 g/mol. The number of nitrogens with zero attached hydrogens (tertiary/aromatic N) is 6. The predicted octanol–water partition coefficient (Wildman–Crippen LogP) is 3.36. The third-order valence-electron chi connectivity index (χ3n) is 5.31. The first-order chi connectivity index (χ1) is 17.3. The number of hydrogen-bond donors (Lipinski definition) is 1. The van der Waals surface area contributed by atoms with Crippen LogP contribution in [-0.4, -0.2) is 52.6 Å². The number of benzene rings is 1. The van der Waals surface area contributed by atoms with Gasteiger partial charge in [-0.1, -0.05) is 6.07 Å². The average molecular weight is 526 g/mol. The Morgan fingerprint density at radius 1 is 1.17 bits per heavy atom. The van der Waals surface area contributed by atoms with Gasteiger partial charge in [0.25, 0.3) is 0 Å². The lowest BCUT2D eigenvalue weighted by Crippen LogP contribution is -2.29. The second-order valence-electron chi connectivity index (χ2n) is 7.80. The molecule has 0 radical (unpaired) electrons. The Bertz CT molecular complexity index is 1500. The van der Waals surface area contributed by atoms with Crippen LogP contribution in [0.4, 0.5) is 5.95 Å². The number of rotatable bonds is 9. The highest BCUT2D eigenvalue weighted by molar-refractivity contribution is 7.93. The number of nitriles is 1. The second-order valence-corrected chi connectivity index (χ2v) is 10.8. The molecule has 4 aromatic rings. The highest BCUT2D eigenvalue weighted by Gasteiger charge is 2.29. The van der Waals surface area contributed by atoms with Crippen LogP contribution in [0.1, 0.15) is 23.9 Å². The Morgan fingerprint density at radius 2 is 1.89 bits per heavy atom. The van der Waals surface area contributed by atoms with E-state index in [0.717, 1.165) is 5.69 Å². The third kappa shape index (κ3) is 5.00. The van der Waals surface area contributed by atoms with Crippen LogP contribution in [0.5, 0.6) is 11.5 Å². The second kappa shape index (κ2) is 10.3. The SMILES string of the molecule is COc1cccc(OC)c1-n1c(NS(=O)(=O)[C@@H](C)Cc2ccc(C#N)cn2)nnc1-c1nc(C)cs1. The molecule has 186 valence electrons. The summed E-state index contributed by atoms with van der Waals surface area (Å²) < 4.78 is 41.9. The number of aromatic nitrogens is 5. The molecule has 0 aliphatic rings. The van der Waals surface area contributed by atoms with Gasteiger partial charge >= 0.3 is 0 Å². The van der Waals surface area contributed by atoms with Crippen LogP contribution in [0.25, 0.3) is 16.5 Å². The smallest absolute Gasteiger partial charge is 0.243 e. The Hall–Kier alpha value is -4.02. The molecule has 0 amide bonds. The fraction of sp³-hybridized carbons (Fsp3) is 0.261. The van der Waals surface area contributed by atoms with Crippen molar-refractivity contribution >= 4 is 27.3 Å². The highest BCUT2D eigenvalue weighted by Crippen LogP contribution is 2.38. The summed E-state index contributed by atoms with van der Waals surface area (Å²) in [5.74, 6) is 1.15. The number of sulfonamides is 1. The number of nitrogens with one attached hydrogen (secondary N) is 1. The molecule has 1 N–H and O–H groups in total. The molecule has 11 nitrogen and oxygen atoms in total. The molecule has 0 saturated carbocycles. The van der Waals surface area contributed by atoms with Crippen LogP contribution in [0, 0.1) is 18.3 Å². The number of para-hydroxylation sites is 1. The summed E-state index contributed by atoms with van der Waals surface area (Å²) in [5.41, 5.74) is 2.16. The number of hydrogen-bond acceptors (Lipinski definition) is 10. The highest BCUT2D eigenvalue weighted by atomic mass is 32.2. The van der Waals surface area contributed by atoms with E-state index in [1.165, 1.54) is 36.3 Å². The van der Waals surface area contributed by atoms with Gasteiger partial charge in [-0.2, -0.15) is 5.26 Å². The Balaban J connectivity index is 1.77. The van der Waals surface area contributed by atoms with Crippen molar-refractivity contribution in [2.24, 2.45) is 0 Å². The molecule has 1 atom stereocenters. The quantitative estimate of drug-likeness (QED) is 0.348. The molecule has 3 aromatic heterocycles. The van der Waals surface area contributed by atoms with E-state index in [9.17, 15) is 8.42 Å². The third-order valence-corrected chi connectivity index (χ3v) is 7.96. The van der Waals surface area contributed by atoms with E-state index in [1.807, 2.05) is 18.4 Å². The largest absolute Gasteiger partial charge is 0.494 e. The van der Waals surface area contributed by atoms with Gasteiger partial charge in [-0.25, -0.2) is 13.4 Å². The molecule has 4 rings (SSSR count). The van der Waals surface area contributed by atoms with E-state index >= 15 is 0 Å². The lowest BCUT2D eigenvalue weighted by molar-refractivity contribution is 0.391. The topological polar surface area (TPSA) is 145 Å². The van der Waals surface area contributed by atoms with Gasteiger partial charge in [0.1, 0.15) is 23.3 Å². The van der Waals surface area contributed by atoms with E-state index in [1.54, 1.807) is 37.3 Å². The zero-order chi connectivity index (χ0) is 25.9. The van der Waals surface area contributed by atoms with E-state index in [-0.39, 0.29) is 12.4 Å². The van der Waals surface area contributed by atoms with Crippen molar-refractivity contribution in [3.63, 3.8) is 0 Å². The molecule has 0 spiro atoms. The molecule has 36 heavy (non-hydrogen) atoms. The van der Waals surface area contributed by atoms with Crippen LogP contribution >= 0.6 is 11.3 Å². The monoisotopic (exact) mass is 525 g/mol. The number of pyridine rings is 1. The maximum Gasteiger partial charge on any atom is 0.243 e. The molecular formula is C23H23N7O4S2. The van der Waals surface area contributed by atoms with Crippen molar-refractivity contribution in [2.75, 3.05) is 18.9 Å². The zero-order valence-corrected chi connectivity index (χ0v) is 21.6. The fourth-order valence-corrected chi connectivity index (χ4v) is 5.20. The van der Waals surface area contributed by atoms with Gasteiger partial charge in [-0.3, -0.25) is 14.3 Å². The van der Waals surface area contributed by atoms with Crippen LogP contribution in [0.3, 0.4) is 0 Å². The normalized spacial score (nSPS) is 12.1. The molecule has 0 saturated heterocycles. The number of ether oxygens (including phenoxy) is 2. The minimum atomic E-state index is -3.94. The molecule has 13 heteroatoms. The van der Waals surface area contributed by atoms with Crippen molar-refractivity contribution in [3.05, 3.63) is 58.9 Å². The standard InChI is InChI=1S/C23H23N7O4S2/c1-14-13-35-22(26-14)21-27-28-23(30(21)20-18(33-3)6-5-7-19(20)34-4)29-36(31,32)15(2)10-17-9-8-16(11-24)12-25-17/h5-9,12-13,15H,10H2,1-4H3,(H,28,29)/t15-/m0/s1. The van der Waals surface area contributed by atoms with E-state index in [4.69, 9.17) is 14.7 Å². The molecule has 3 heterocycles. The summed E-state index contributed by atoms with van der Waals surface area (Å²) >= 11 is 1.36. The van der Waals surface area contributed by atoms with Gasteiger partial charge in [-0.05, 0) is 38.1 Å². The molecule has 1 aromatic carbocycles. The van der Waals surface area contributed by atoms with Crippen LogP contribution in [0.2, 0.25) is 0 Å². The Morgan fingerprint density at radius 3 is 2.44 bits per heavy atom. The zero-order valence-electron chi connectivity index (χ0n) is 20.0. The molecule has 0 unspecified atom stereocenters. The van der Waals surface area contributed by atoms with Crippen LogP contribution in [-0.2, 0) is 16.4 Å². The Labute approximate surface area is 212 Å². The van der Waals surface area contributed by atoms with Gasteiger partial charge in [-0.15, -0.1) is 21.5 Å². The summed E-state index contributed by atoms with van der Waals surface area (Å²) in [5, 5.41) is 18.9. The first kappa shape index (κ1) is 25.1. The lowest BCUT2D eigenvalue weighted by Gasteiger charge is -2.18. The lowest BCUT2D eigenvalue weighted by atomic mass is 10.2. The molecule has 0 fully saturated rings. The van der Waals surface area contributed by atoms with E-state index < -0.39 is 15.3 Å². The predicted molar refractivity (Wildman–Crippen MR) is 135 cm³/mol. The number of methoxy groups -OCH3 is 2. The number of anilines is 1. The van der Waals surface area contributed by atoms with Gasteiger partial charge in [0.2, 0.25) is 16.0 Å². The summed E-state index contributed by atoms with van der Waals surface area (Å²) in [7, 11) is -0.925. The molecule has 0 aliphatic carbocycles. The maximum atomic E-state index is 13.3. The van der Waals surface area contributed by atoms with E-state index in [0.29, 0.717) is 39.3 Å². The minimum Gasteiger partial charge on any atom is -0.494 e. The van der Waals surface area contributed by atoms with Crippen molar-refractivity contribution in [2.45, 2.75) is 25.5 Å². The van der Waals surface area contributed by atoms with Crippen molar-refractivity contribution in [3.8, 4) is 34.1 Å². The van der Waals surface area contributed by atoms with Gasteiger partial charge in [0.15, 0.2) is 10.8 Å². The number of aryl methyl sites for hydroxylation is 1.